The zero-order valence-corrected chi connectivity index (χ0v) is 15.5. The molecule has 138 valence electrons. The van der Waals surface area contributed by atoms with Crippen molar-refractivity contribution in [2.24, 2.45) is 0 Å². The lowest BCUT2D eigenvalue weighted by molar-refractivity contribution is -0.160. The molecule has 0 spiro atoms. The highest BCUT2D eigenvalue weighted by Gasteiger charge is 2.34. The smallest absolute Gasteiger partial charge is 0.334 e. The Morgan fingerprint density at radius 1 is 1.15 bits per heavy atom. The molecule has 1 amide bonds. The first-order valence-electron chi connectivity index (χ1n) is 8.71. The van der Waals surface area contributed by atoms with Gasteiger partial charge in [-0.15, -0.1) is 0 Å². The van der Waals surface area contributed by atoms with Crippen molar-refractivity contribution in [3.63, 3.8) is 0 Å². The van der Waals surface area contributed by atoms with Gasteiger partial charge in [0.25, 0.3) is 5.91 Å². The number of hydrogen-bond acceptors (Lipinski definition) is 3. The topological polar surface area (TPSA) is 71.8 Å². The predicted octanol–water partition coefficient (Wildman–Crippen LogP) is 2.72. The van der Waals surface area contributed by atoms with E-state index in [1.54, 1.807) is 11.8 Å². The SMILES string of the molecule is Cc1cccc(-n2c(C)cc(C(=O)N3CC(C(=O)O)O[C@H](C)C3)c2C)c1. The number of amides is 1. The Balaban J connectivity index is 1.93. The normalized spacial score (nSPS) is 20.2. The number of carboxylic acid groups (broad SMARTS) is 1. The number of carbonyl (C=O) groups excluding carboxylic acids is 1. The Hall–Kier alpha value is -2.60. The van der Waals surface area contributed by atoms with Gasteiger partial charge in [-0.2, -0.15) is 0 Å². The minimum Gasteiger partial charge on any atom is -0.479 e. The average Bonchev–Trinajstić information content (AvgIpc) is 2.88. The van der Waals surface area contributed by atoms with E-state index in [0.29, 0.717) is 12.1 Å². The van der Waals surface area contributed by atoms with Gasteiger partial charge in [0.15, 0.2) is 6.10 Å². The average molecular weight is 356 g/mol. The highest BCUT2D eigenvalue weighted by Crippen LogP contribution is 2.24. The quantitative estimate of drug-likeness (QED) is 0.918. The van der Waals surface area contributed by atoms with Crippen molar-refractivity contribution in [1.82, 2.24) is 9.47 Å². The minimum atomic E-state index is -1.04. The highest BCUT2D eigenvalue weighted by atomic mass is 16.5. The van der Waals surface area contributed by atoms with Gasteiger partial charge in [-0.25, -0.2) is 4.79 Å². The number of benzene rings is 1. The summed E-state index contributed by atoms with van der Waals surface area (Å²) in [5.41, 5.74) is 4.57. The third-order valence-electron chi connectivity index (χ3n) is 4.74. The van der Waals surface area contributed by atoms with Gasteiger partial charge in [0, 0.05) is 23.6 Å². The van der Waals surface area contributed by atoms with Crippen molar-refractivity contribution in [3.05, 3.63) is 52.8 Å². The molecular formula is C20H24N2O4. The summed E-state index contributed by atoms with van der Waals surface area (Å²) in [4.78, 5) is 25.9. The molecular weight excluding hydrogens is 332 g/mol. The molecule has 1 aliphatic heterocycles. The van der Waals surface area contributed by atoms with Crippen molar-refractivity contribution in [2.75, 3.05) is 13.1 Å². The Bertz CT molecular complexity index is 855. The monoisotopic (exact) mass is 356 g/mol. The van der Waals surface area contributed by atoms with Crippen LogP contribution in [-0.2, 0) is 9.53 Å². The van der Waals surface area contributed by atoms with Crippen molar-refractivity contribution in [1.29, 1.82) is 0 Å². The van der Waals surface area contributed by atoms with Crippen LogP contribution in [0.2, 0.25) is 0 Å². The van der Waals surface area contributed by atoms with E-state index < -0.39 is 12.1 Å². The summed E-state index contributed by atoms with van der Waals surface area (Å²) in [7, 11) is 0. The van der Waals surface area contributed by atoms with Gasteiger partial charge in [-0.05, 0) is 51.5 Å². The molecule has 1 fully saturated rings. The van der Waals surface area contributed by atoms with Crippen LogP contribution in [0.3, 0.4) is 0 Å². The summed E-state index contributed by atoms with van der Waals surface area (Å²) in [5.74, 6) is -1.20. The van der Waals surface area contributed by atoms with Crippen LogP contribution in [0.15, 0.2) is 30.3 Å². The lowest BCUT2D eigenvalue weighted by Crippen LogP contribution is -2.51. The minimum absolute atomic E-state index is 0.0621. The van der Waals surface area contributed by atoms with Crippen LogP contribution in [-0.4, -0.2) is 51.7 Å². The summed E-state index contributed by atoms with van der Waals surface area (Å²) < 4.78 is 7.46. The highest BCUT2D eigenvalue weighted by molar-refractivity contribution is 5.96. The van der Waals surface area contributed by atoms with Crippen LogP contribution in [0.1, 0.15) is 34.2 Å². The van der Waals surface area contributed by atoms with E-state index in [1.807, 2.05) is 45.0 Å². The van der Waals surface area contributed by atoms with E-state index in [9.17, 15) is 14.7 Å². The van der Waals surface area contributed by atoms with Crippen molar-refractivity contribution in [3.8, 4) is 5.69 Å². The molecule has 6 heteroatoms. The second-order valence-electron chi connectivity index (χ2n) is 6.94. The Labute approximate surface area is 153 Å². The van der Waals surface area contributed by atoms with Crippen LogP contribution in [0.5, 0.6) is 0 Å². The van der Waals surface area contributed by atoms with Gasteiger partial charge in [0.2, 0.25) is 0 Å². The molecule has 6 nitrogen and oxygen atoms in total. The molecule has 1 N–H and O–H groups in total. The fourth-order valence-electron chi connectivity index (χ4n) is 3.57. The lowest BCUT2D eigenvalue weighted by Gasteiger charge is -2.35. The first-order valence-corrected chi connectivity index (χ1v) is 8.71. The van der Waals surface area contributed by atoms with Crippen LogP contribution in [0.4, 0.5) is 0 Å². The third kappa shape index (κ3) is 3.37. The van der Waals surface area contributed by atoms with Crippen LogP contribution in [0, 0.1) is 20.8 Å². The number of hydrogen-bond donors (Lipinski definition) is 1. The molecule has 0 radical (unpaired) electrons. The first-order chi connectivity index (χ1) is 12.3. The first kappa shape index (κ1) is 18.2. The van der Waals surface area contributed by atoms with Gasteiger partial charge in [-0.3, -0.25) is 4.79 Å². The number of carbonyl (C=O) groups is 2. The molecule has 26 heavy (non-hydrogen) atoms. The Morgan fingerprint density at radius 2 is 1.88 bits per heavy atom. The Morgan fingerprint density at radius 3 is 2.54 bits per heavy atom. The van der Waals surface area contributed by atoms with Gasteiger partial charge in [-0.1, -0.05) is 12.1 Å². The summed E-state index contributed by atoms with van der Waals surface area (Å²) in [6, 6.07) is 9.98. The molecule has 2 heterocycles. The van der Waals surface area contributed by atoms with E-state index >= 15 is 0 Å². The second-order valence-corrected chi connectivity index (χ2v) is 6.94. The fraction of sp³-hybridized carbons (Fsp3) is 0.400. The molecule has 2 aromatic rings. The maximum absolute atomic E-state index is 13.1. The number of ether oxygens (including phenoxy) is 1. The standard InChI is InChI=1S/C20H24N2O4/c1-12-6-5-7-16(8-12)22-13(2)9-17(15(22)4)19(23)21-10-14(3)26-18(11-21)20(24)25/h5-9,14,18H,10-11H2,1-4H3,(H,24,25)/t14-,18?/m1/s1. The van der Waals surface area contributed by atoms with E-state index in [2.05, 4.69) is 10.6 Å². The number of morpholine rings is 1. The zero-order chi connectivity index (χ0) is 19.0. The number of nitrogens with zero attached hydrogens (tertiary/aromatic N) is 2. The van der Waals surface area contributed by atoms with Crippen LogP contribution in [0.25, 0.3) is 5.69 Å². The molecule has 0 saturated carbocycles. The largest absolute Gasteiger partial charge is 0.479 e. The van der Waals surface area contributed by atoms with Gasteiger partial charge in [0.05, 0.1) is 18.2 Å². The summed E-state index contributed by atoms with van der Waals surface area (Å²) in [5, 5.41) is 9.24. The maximum atomic E-state index is 13.1. The number of rotatable bonds is 3. The van der Waals surface area contributed by atoms with E-state index in [0.717, 1.165) is 22.6 Å². The van der Waals surface area contributed by atoms with Crippen LogP contribution < -0.4 is 0 Å². The fourth-order valence-corrected chi connectivity index (χ4v) is 3.57. The van der Waals surface area contributed by atoms with Crippen molar-refractivity contribution < 1.29 is 19.4 Å². The molecule has 1 saturated heterocycles. The molecule has 0 bridgehead atoms. The van der Waals surface area contributed by atoms with E-state index in [-0.39, 0.29) is 18.6 Å². The summed E-state index contributed by atoms with van der Waals surface area (Å²) in [6.45, 7) is 8.15. The zero-order valence-electron chi connectivity index (χ0n) is 15.5. The van der Waals surface area contributed by atoms with Crippen molar-refractivity contribution >= 4 is 11.9 Å². The van der Waals surface area contributed by atoms with E-state index in [1.165, 1.54) is 0 Å². The molecule has 0 aliphatic carbocycles. The number of aliphatic carboxylic acids is 1. The summed E-state index contributed by atoms with van der Waals surface area (Å²) >= 11 is 0. The molecule has 1 aromatic carbocycles. The van der Waals surface area contributed by atoms with Gasteiger partial charge >= 0.3 is 5.97 Å². The van der Waals surface area contributed by atoms with Crippen LogP contribution >= 0.6 is 0 Å². The number of aryl methyl sites for hydroxylation is 2. The maximum Gasteiger partial charge on any atom is 0.334 e. The predicted molar refractivity (Wildman–Crippen MR) is 97.9 cm³/mol. The molecule has 2 atom stereocenters. The number of carboxylic acids is 1. The molecule has 1 aliphatic rings. The van der Waals surface area contributed by atoms with Crippen molar-refractivity contribution in [2.45, 2.75) is 39.9 Å². The lowest BCUT2D eigenvalue weighted by atomic mass is 10.1. The Kier molecular flexibility index (Phi) is 4.87. The van der Waals surface area contributed by atoms with Gasteiger partial charge in [0.1, 0.15) is 0 Å². The number of aromatic nitrogens is 1. The molecule has 3 rings (SSSR count). The third-order valence-corrected chi connectivity index (χ3v) is 4.74. The molecule has 1 unspecified atom stereocenters. The second kappa shape index (κ2) is 6.96. The summed E-state index contributed by atoms with van der Waals surface area (Å²) in [6.07, 6.45) is -1.29. The van der Waals surface area contributed by atoms with E-state index in [4.69, 9.17) is 4.74 Å². The molecule has 1 aromatic heterocycles. The van der Waals surface area contributed by atoms with Gasteiger partial charge < -0.3 is 19.3 Å².